The van der Waals surface area contributed by atoms with Crippen molar-refractivity contribution in [2.24, 2.45) is 5.73 Å². The largest absolute Gasteiger partial charge is 0.330 e. The number of nitrogens with two attached hydrogens (primary N) is 1. The first-order valence-corrected chi connectivity index (χ1v) is 4.50. The molecule has 1 aromatic heterocycles. The maximum absolute atomic E-state index is 5.87. The van der Waals surface area contributed by atoms with Gasteiger partial charge in [0.15, 0.2) is 0 Å². The Hall–Kier alpha value is -0.310. The minimum Gasteiger partial charge on any atom is -0.330 e. The lowest BCUT2D eigenvalue weighted by molar-refractivity contribution is 0.811. The monoisotopic (exact) mass is 204 g/mol. The van der Waals surface area contributed by atoms with E-state index in [9.17, 15) is 0 Å². The second kappa shape index (κ2) is 4.65. The molecule has 0 saturated carbocycles. The fraction of sp³-hybridized carbons (Fsp3) is 0.375. The number of nitrogens with zero attached hydrogens (tertiary/aromatic N) is 1. The van der Waals surface area contributed by atoms with Crippen LogP contribution < -0.4 is 5.73 Å². The molecule has 4 heteroatoms. The molecule has 0 spiro atoms. The molecule has 0 atom stereocenters. The molecule has 0 fully saturated rings. The lowest BCUT2D eigenvalue weighted by Gasteiger charge is -2.01. The highest BCUT2D eigenvalue weighted by Gasteiger charge is 2.01. The van der Waals surface area contributed by atoms with Gasteiger partial charge in [-0.1, -0.05) is 23.2 Å². The van der Waals surface area contributed by atoms with E-state index in [4.69, 9.17) is 28.9 Å². The van der Waals surface area contributed by atoms with Gasteiger partial charge in [0.05, 0.1) is 10.7 Å². The highest BCUT2D eigenvalue weighted by Crippen LogP contribution is 2.17. The molecule has 1 heterocycles. The van der Waals surface area contributed by atoms with Crippen LogP contribution in [0.5, 0.6) is 0 Å². The molecule has 2 nitrogen and oxygen atoms in total. The van der Waals surface area contributed by atoms with Crippen molar-refractivity contribution in [3.63, 3.8) is 0 Å². The highest BCUT2D eigenvalue weighted by atomic mass is 35.5. The summed E-state index contributed by atoms with van der Waals surface area (Å²) in [6, 6.07) is 3.43. The molecule has 1 rings (SSSR count). The number of hydrogen-bond donors (Lipinski definition) is 1. The Morgan fingerprint density at radius 3 is 2.75 bits per heavy atom. The van der Waals surface area contributed by atoms with Crippen molar-refractivity contribution in [3.05, 3.63) is 28.0 Å². The Bertz CT molecular complexity index is 263. The predicted octanol–water partition coefficient (Wildman–Crippen LogP) is 2.28. The van der Waals surface area contributed by atoms with Crippen molar-refractivity contribution >= 4 is 23.2 Å². The highest BCUT2D eigenvalue weighted by molar-refractivity contribution is 6.32. The number of rotatable bonds is 3. The van der Waals surface area contributed by atoms with Gasteiger partial charge in [-0.3, -0.25) is 0 Å². The van der Waals surface area contributed by atoms with Gasteiger partial charge >= 0.3 is 0 Å². The van der Waals surface area contributed by atoms with Crippen LogP contribution in [-0.4, -0.2) is 11.5 Å². The molecule has 0 aliphatic rings. The molecular weight excluding hydrogens is 195 g/mol. The normalized spacial score (nSPS) is 10.2. The number of halogens is 2. The molecule has 0 bridgehead atoms. The van der Waals surface area contributed by atoms with E-state index in [-0.39, 0.29) is 0 Å². The Balaban J connectivity index is 2.75. The number of aryl methyl sites for hydroxylation is 1. The van der Waals surface area contributed by atoms with Gasteiger partial charge in [0.25, 0.3) is 0 Å². The Kier molecular flexibility index (Phi) is 3.79. The van der Waals surface area contributed by atoms with E-state index >= 15 is 0 Å². The first-order valence-electron chi connectivity index (χ1n) is 3.75. The minimum absolute atomic E-state index is 0.478. The number of aromatic nitrogens is 1. The molecular formula is C8H10Cl2N2. The molecule has 0 aromatic carbocycles. The van der Waals surface area contributed by atoms with Crippen LogP contribution in [0.4, 0.5) is 0 Å². The number of pyridine rings is 1. The van der Waals surface area contributed by atoms with E-state index in [0.29, 0.717) is 16.7 Å². The Morgan fingerprint density at radius 2 is 2.08 bits per heavy atom. The zero-order valence-electron chi connectivity index (χ0n) is 6.56. The summed E-state index contributed by atoms with van der Waals surface area (Å²) in [5.74, 6) is 0. The van der Waals surface area contributed by atoms with Crippen LogP contribution in [0, 0.1) is 0 Å². The first kappa shape index (κ1) is 9.78. The summed E-state index contributed by atoms with van der Waals surface area (Å²) in [7, 11) is 0. The van der Waals surface area contributed by atoms with Gasteiger partial charge in [-0.2, -0.15) is 0 Å². The van der Waals surface area contributed by atoms with Crippen molar-refractivity contribution < 1.29 is 0 Å². The van der Waals surface area contributed by atoms with E-state index in [1.165, 1.54) is 0 Å². The van der Waals surface area contributed by atoms with Gasteiger partial charge in [0, 0.05) is 0 Å². The van der Waals surface area contributed by atoms with Crippen molar-refractivity contribution in [2.45, 2.75) is 12.8 Å². The Morgan fingerprint density at radius 1 is 1.33 bits per heavy atom. The molecule has 66 valence electrons. The second-order valence-electron chi connectivity index (χ2n) is 2.45. The molecule has 0 unspecified atom stereocenters. The summed E-state index contributed by atoms with van der Waals surface area (Å²) >= 11 is 11.6. The van der Waals surface area contributed by atoms with Crippen LogP contribution in [0.3, 0.4) is 0 Å². The summed E-state index contributed by atoms with van der Waals surface area (Å²) in [4.78, 5) is 4.09. The molecule has 2 N–H and O–H groups in total. The maximum atomic E-state index is 5.87. The van der Waals surface area contributed by atoms with Crippen molar-refractivity contribution in [3.8, 4) is 0 Å². The molecule has 0 radical (unpaired) electrons. The third-order valence-electron chi connectivity index (χ3n) is 1.50. The maximum Gasteiger partial charge on any atom is 0.129 e. The van der Waals surface area contributed by atoms with Gasteiger partial charge in [-0.05, 0) is 31.5 Å². The molecule has 1 aromatic rings. The third kappa shape index (κ3) is 2.63. The lowest BCUT2D eigenvalue weighted by atomic mass is 10.2. The van der Waals surface area contributed by atoms with Crippen molar-refractivity contribution in [2.75, 3.05) is 6.54 Å². The first-order chi connectivity index (χ1) is 5.74. The lowest BCUT2D eigenvalue weighted by Crippen LogP contribution is -2.02. The van der Waals surface area contributed by atoms with Crippen LogP contribution in [0.1, 0.15) is 12.1 Å². The topological polar surface area (TPSA) is 38.9 Å². The third-order valence-corrected chi connectivity index (χ3v) is 2.06. The van der Waals surface area contributed by atoms with Crippen molar-refractivity contribution in [1.82, 2.24) is 4.98 Å². The summed E-state index contributed by atoms with van der Waals surface area (Å²) in [5, 5.41) is 1.14. The molecule has 0 aliphatic heterocycles. The minimum atomic E-state index is 0.478. The van der Waals surface area contributed by atoms with Gasteiger partial charge in [-0.15, -0.1) is 0 Å². The Labute approximate surface area is 81.7 Å². The molecule has 12 heavy (non-hydrogen) atoms. The molecule has 0 saturated heterocycles. The smallest absolute Gasteiger partial charge is 0.129 e. The fourth-order valence-corrected chi connectivity index (χ4v) is 1.27. The zero-order valence-corrected chi connectivity index (χ0v) is 8.07. The van der Waals surface area contributed by atoms with Crippen LogP contribution >= 0.6 is 23.2 Å². The van der Waals surface area contributed by atoms with E-state index in [0.717, 1.165) is 18.5 Å². The quantitative estimate of drug-likeness (QED) is 0.768. The van der Waals surface area contributed by atoms with E-state index in [2.05, 4.69) is 4.98 Å². The predicted molar refractivity (Wildman–Crippen MR) is 51.6 cm³/mol. The van der Waals surface area contributed by atoms with Crippen LogP contribution in [0.15, 0.2) is 12.1 Å². The summed E-state index contributed by atoms with van der Waals surface area (Å²) in [6.45, 7) is 0.643. The average molecular weight is 205 g/mol. The average Bonchev–Trinajstić information content (AvgIpc) is 2.07. The summed E-state index contributed by atoms with van der Waals surface area (Å²) < 4.78 is 0. The van der Waals surface area contributed by atoms with Crippen LogP contribution in [0.25, 0.3) is 0 Å². The van der Waals surface area contributed by atoms with Crippen molar-refractivity contribution in [1.29, 1.82) is 0 Å². The van der Waals surface area contributed by atoms with Gasteiger partial charge in [0.1, 0.15) is 5.15 Å². The zero-order chi connectivity index (χ0) is 8.97. The molecule has 0 aliphatic carbocycles. The summed E-state index contributed by atoms with van der Waals surface area (Å²) in [5.41, 5.74) is 6.19. The number of hydrogen-bond acceptors (Lipinski definition) is 2. The van der Waals surface area contributed by atoms with Gasteiger partial charge in [0.2, 0.25) is 0 Å². The van der Waals surface area contributed by atoms with Crippen LogP contribution in [0.2, 0.25) is 10.2 Å². The van der Waals surface area contributed by atoms with E-state index in [1.807, 2.05) is 0 Å². The van der Waals surface area contributed by atoms with E-state index < -0.39 is 0 Å². The van der Waals surface area contributed by atoms with Crippen LogP contribution in [-0.2, 0) is 6.42 Å². The molecule has 0 amide bonds. The SMILES string of the molecule is NCCCc1nc(Cl)ccc1Cl. The standard InChI is InChI=1S/C8H10Cl2N2/c9-6-3-4-8(10)12-7(6)2-1-5-11/h3-4H,1-2,5,11H2. The second-order valence-corrected chi connectivity index (χ2v) is 3.25. The van der Waals surface area contributed by atoms with Gasteiger partial charge < -0.3 is 5.73 Å². The summed E-state index contributed by atoms with van der Waals surface area (Å²) in [6.07, 6.45) is 1.67. The fourth-order valence-electron chi connectivity index (χ4n) is 0.903. The van der Waals surface area contributed by atoms with Gasteiger partial charge in [-0.25, -0.2) is 4.98 Å². The van der Waals surface area contributed by atoms with E-state index in [1.54, 1.807) is 12.1 Å².